The third-order valence-electron chi connectivity index (χ3n) is 3.22. The minimum atomic E-state index is -0.983. The summed E-state index contributed by atoms with van der Waals surface area (Å²) < 4.78 is 0. The molecule has 1 fully saturated rings. The second-order valence-corrected chi connectivity index (χ2v) is 5.47. The van der Waals surface area contributed by atoms with E-state index in [2.05, 4.69) is 15.5 Å². The van der Waals surface area contributed by atoms with Gasteiger partial charge in [-0.2, -0.15) is 0 Å². The highest BCUT2D eigenvalue weighted by Crippen LogP contribution is 2.06. The summed E-state index contributed by atoms with van der Waals surface area (Å²) in [7, 11) is 0. The van der Waals surface area contributed by atoms with Crippen molar-refractivity contribution in [3.63, 3.8) is 0 Å². The van der Waals surface area contributed by atoms with Crippen molar-refractivity contribution < 1.29 is 14.7 Å². The number of rotatable bonds is 7. The third kappa shape index (κ3) is 6.42. The van der Waals surface area contributed by atoms with Crippen molar-refractivity contribution in [1.29, 1.82) is 0 Å². The lowest BCUT2D eigenvalue weighted by Crippen LogP contribution is -2.47. The van der Waals surface area contributed by atoms with Crippen molar-refractivity contribution in [2.24, 2.45) is 5.92 Å². The van der Waals surface area contributed by atoms with Crippen LogP contribution in [0.5, 0.6) is 0 Å². The van der Waals surface area contributed by atoms with Crippen LogP contribution in [-0.2, 0) is 4.79 Å². The van der Waals surface area contributed by atoms with E-state index in [1.807, 2.05) is 13.8 Å². The van der Waals surface area contributed by atoms with Gasteiger partial charge in [-0.3, -0.25) is 0 Å². The number of carbonyl (C=O) groups excluding carboxylic acids is 1. The van der Waals surface area contributed by atoms with Gasteiger partial charge in [0.2, 0.25) is 0 Å². The number of nitrogens with zero attached hydrogens (tertiary/aromatic N) is 1. The highest BCUT2D eigenvalue weighted by molar-refractivity contribution is 5.82. The summed E-state index contributed by atoms with van der Waals surface area (Å²) in [4.78, 5) is 24.9. The molecule has 0 aromatic carbocycles. The van der Waals surface area contributed by atoms with Gasteiger partial charge < -0.3 is 20.6 Å². The molecule has 110 valence electrons. The molecule has 6 heteroatoms. The normalized spacial score (nSPS) is 17.4. The molecule has 1 rings (SSSR count). The summed E-state index contributed by atoms with van der Waals surface area (Å²) in [5.41, 5.74) is 0. The van der Waals surface area contributed by atoms with Crippen LogP contribution in [0.1, 0.15) is 33.1 Å². The minimum Gasteiger partial charge on any atom is -0.480 e. The molecule has 1 heterocycles. The molecule has 0 saturated carbocycles. The van der Waals surface area contributed by atoms with E-state index >= 15 is 0 Å². The van der Waals surface area contributed by atoms with E-state index in [-0.39, 0.29) is 5.92 Å². The molecule has 0 unspecified atom stereocenters. The van der Waals surface area contributed by atoms with Crippen LogP contribution in [-0.4, -0.2) is 54.2 Å². The van der Waals surface area contributed by atoms with E-state index < -0.39 is 18.0 Å². The number of carboxylic acid groups (broad SMARTS) is 1. The second-order valence-electron chi connectivity index (χ2n) is 5.47. The molecular weight excluding hydrogens is 246 g/mol. The fourth-order valence-electron chi connectivity index (χ4n) is 2.24. The average Bonchev–Trinajstić information content (AvgIpc) is 2.80. The SMILES string of the molecule is CC(C)C[C@@H](NC(=O)NCCN1CCCC1)C(=O)O. The van der Waals surface area contributed by atoms with Crippen LogP contribution in [0, 0.1) is 5.92 Å². The number of hydrogen-bond acceptors (Lipinski definition) is 3. The second kappa shape index (κ2) is 7.99. The van der Waals surface area contributed by atoms with Crippen LogP contribution in [0.25, 0.3) is 0 Å². The molecule has 6 nitrogen and oxygen atoms in total. The zero-order valence-corrected chi connectivity index (χ0v) is 11.8. The monoisotopic (exact) mass is 271 g/mol. The lowest BCUT2D eigenvalue weighted by molar-refractivity contribution is -0.139. The predicted molar refractivity (Wildman–Crippen MR) is 73.1 cm³/mol. The summed E-state index contributed by atoms with van der Waals surface area (Å²) in [5, 5.41) is 14.2. The number of likely N-dealkylation sites (tertiary alicyclic amines) is 1. The Labute approximate surface area is 114 Å². The summed E-state index contributed by atoms with van der Waals surface area (Å²) in [6, 6.07) is -1.21. The lowest BCUT2D eigenvalue weighted by atomic mass is 10.0. The molecule has 0 spiro atoms. The Morgan fingerprint density at radius 1 is 1.26 bits per heavy atom. The van der Waals surface area contributed by atoms with Gasteiger partial charge in [0.1, 0.15) is 6.04 Å². The highest BCUT2D eigenvalue weighted by atomic mass is 16.4. The zero-order chi connectivity index (χ0) is 14.3. The van der Waals surface area contributed by atoms with Crippen LogP contribution >= 0.6 is 0 Å². The van der Waals surface area contributed by atoms with Crippen molar-refractivity contribution in [3.05, 3.63) is 0 Å². The van der Waals surface area contributed by atoms with Gasteiger partial charge in [0.05, 0.1) is 0 Å². The summed E-state index contributed by atoms with van der Waals surface area (Å²) >= 11 is 0. The first-order valence-electron chi connectivity index (χ1n) is 6.98. The quantitative estimate of drug-likeness (QED) is 0.642. The van der Waals surface area contributed by atoms with E-state index in [0.717, 1.165) is 19.6 Å². The molecule has 0 aliphatic carbocycles. The number of hydrogen-bond donors (Lipinski definition) is 3. The first-order chi connectivity index (χ1) is 8.99. The van der Waals surface area contributed by atoms with Crippen LogP contribution in [0.15, 0.2) is 0 Å². The molecule has 1 aliphatic heterocycles. The van der Waals surface area contributed by atoms with E-state index in [4.69, 9.17) is 5.11 Å². The van der Waals surface area contributed by atoms with Gasteiger partial charge in [0.15, 0.2) is 0 Å². The van der Waals surface area contributed by atoms with E-state index in [1.54, 1.807) is 0 Å². The average molecular weight is 271 g/mol. The van der Waals surface area contributed by atoms with Crippen molar-refractivity contribution in [2.45, 2.75) is 39.2 Å². The van der Waals surface area contributed by atoms with E-state index in [9.17, 15) is 9.59 Å². The van der Waals surface area contributed by atoms with Crippen LogP contribution in [0.2, 0.25) is 0 Å². The Bertz CT molecular complexity index is 302. The summed E-state index contributed by atoms with van der Waals surface area (Å²) in [6.45, 7) is 7.43. The Kier molecular flexibility index (Phi) is 6.62. The first kappa shape index (κ1) is 15.8. The lowest BCUT2D eigenvalue weighted by Gasteiger charge is -2.18. The number of nitrogens with one attached hydrogen (secondary N) is 2. The summed E-state index contributed by atoms with van der Waals surface area (Å²) in [5.74, 6) is -0.755. The molecule has 0 bridgehead atoms. The number of amides is 2. The van der Waals surface area contributed by atoms with Gasteiger partial charge in [-0.15, -0.1) is 0 Å². The Morgan fingerprint density at radius 3 is 2.42 bits per heavy atom. The molecule has 19 heavy (non-hydrogen) atoms. The van der Waals surface area contributed by atoms with Crippen LogP contribution in [0.4, 0.5) is 4.79 Å². The van der Waals surface area contributed by atoms with Gasteiger partial charge in [-0.1, -0.05) is 13.8 Å². The third-order valence-corrected chi connectivity index (χ3v) is 3.22. The molecule has 3 N–H and O–H groups in total. The number of urea groups is 1. The first-order valence-corrected chi connectivity index (χ1v) is 6.98. The van der Waals surface area contributed by atoms with Gasteiger partial charge in [-0.25, -0.2) is 9.59 Å². The van der Waals surface area contributed by atoms with Crippen LogP contribution < -0.4 is 10.6 Å². The molecule has 0 aromatic rings. The molecular formula is C13H25N3O3. The Morgan fingerprint density at radius 2 is 1.89 bits per heavy atom. The Hall–Kier alpha value is -1.30. The highest BCUT2D eigenvalue weighted by Gasteiger charge is 2.20. The molecule has 0 aromatic heterocycles. The Balaban J connectivity index is 2.21. The maximum Gasteiger partial charge on any atom is 0.326 e. The van der Waals surface area contributed by atoms with Crippen molar-refractivity contribution in [1.82, 2.24) is 15.5 Å². The fourth-order valence-corrected chi connectivity index (χ4v) is 2.24. The van der Waals surface area contributed by atoms with Gasteiger partial charge >= 0.3 is 12.0 Å². The van der Waals surface area contributed by atoms with Crippen molar-refractivity contribution >= 4 is 12.0 Å². The van der Waals surface area contributed by atoms with E-state index in [1.165, 1.54) is 12.8 Å². The number of carboxylic acids is 1. The maximum absolute atomic E-state index is 11.6. The standard InChI is InChI=1S/C13H25N3O3/c1-10(2)9-11(12(17)18)15-13(19)14-5-8-16-6-3-4-7-16/h10-11H,3-9H2,1-2H3,(H,17,18)(H2,14,15,19)/t11-/m1/s1. The van der Waals surface area contributed by atoms with Gasteiger partial charge in [0.25, 0.3) is 0 Å². The molecule has 0 radical (unpaired) electrons. The van der Waals surface area contributed by atoms with Crippen molar-refractivity contribution in [3.8, 4) is 0 Å². The van der Waals surface area contributed by atoms with Crippen molar-refractivity contribution in [2.75, 3.05) is 26.2 Å². The number of carbonyl (C=O) groups is 2. The molecule has 1 aliphatic rings. The van der Waals surface area contributed by atoms with Crippen LogP contribution in [0.3, 0.4) is 0 Å². The summed E-state index contributed by atoms with van der Waals surface area (Å²) in [6.07, 6.45) is 2.89. The van der Waals surface area contributed by atoms with Gasteiger partial charge in [-0.05, 0) is 38.3 Å². The number of aliphatic carboxylic acids is 1. The molecule has 1 atom stereocenters. The van der Waals surface area contributed by atoms with Gasteiger partial charge in [0, 0.05) is 13.1 Å². The van der Waals surface area contributed by atoms with E-state index in [0.29, 0.717) is 13.0 Å². The maximum atomic E-state index is 11.6. The smallest absolute Gasteiger partial charge is 0.326 e. The fraction of sp³-hybridized carbons (Fsp3) is 0.846. The molecule has 2 amide bonds. The zero-order valence-electron chi connectivity index (χ0n) is 11.8. The topological polar surface area (TPSA) is 81.7 Å². The predicted octanol–water partition coefficient (Wildman–Crippen LogP) is 0.881. The molecule has 1 saturated heterocycles. The minimum absolute atomic E-state index is 0.228. The largest absolute Gasteiger partial charge is 0.480 e.